The Hall–Kier alpha value is -0.670. The summed E-state index contributed by atoms with van der Waals surface area (Å²) in [4.78, 5) is 1.03. The van der Waals surface area contributed by atoms with E-state index in [1.807, 2.05) is 36.4 Å². The maximum absolute atomic E-state index is 9.30. The van der Waals surface area contributed by atoms with Crippen molar-refractivity contribution < 1.29 is 5.11 Å². The number of thioether (sulfide) groups is 1. The van der Waals surface area contributed by atoms with Crippen LogP contribution in [0, 0.1) is 0 Å². The van der Waals surface area contributed by atoms with Gasteiger partial charge < -0.3 is 5.11 Å². The standard InChI is InChI=1S/C14H12Cl2OS/c15-12-5-6-14(11(7-12)8-17)18-9-10-3-1-2-4-13(10)16/h1-7,17H,8-9H2. The first-order valence-electron chi connectivity index (χ1n) is 5.46. The van der Waals surface area contributed by atoms with Gasteiger partial charge in [-0.3, -0.25) is 0 Å². The number of aliphatic hydroxyl groups is 1. The summed E-state index contributed by atoms with van der Waals surface area (Å²) in [6.45, 7) is -0.00852. The second-order valence-electron chi connectivity index (χ2n) is 3.79. The molecule has 0 heterocycles. The Labute approximate surface area is 121 Å². The number of rotatable bonds is 4. The Balaban J connectivity index is 2.13. The Bertz CT molecular complexity index is 543. The maximum atomic E-state index is 9.30. The Morgan fingerprint density at radius 1 is 1.00 bits per heavy atom. The Morgan fingerprint density at radius 3 is 2.50 bits per heavy atom. The van der Waals surface area contributed by atoms with E-state index < -0.39 is 0 Å². The van der Waals surface area contributed by atoms with Crippen LogP contribution in [0.3, 0.4) is 0 Å². The molecule has 0 aliphatic heterocycles. The molecule has 0 fully saturated rings. The summed E-state index contributed by atoms with van der Waals surface area (Å²) in [5.41, 5.74) is 1.93. The third-order valence-electron chi connectivity index (χ3n) is 2.53. The first kappa shape index (κ1) is 13.8. The third-order valence-corrected chi connectivity index (χ3v) is 4.30. The summed E-state index contributed by atoms with van der Waals surface area (Å²) in [6.07, 6.45) is 0. The number of benzene rings is 2. The second-order valence-corrected chi connectivity index (χ2v) is 5.65. The molecular formula is C14H12Cl2OS. The molecule has 0 aliphatic carbocycles. The smallest absolute Gasteiger partial charge is 0.0693 e. The molecular weight excluding hydrogens is 287 g/mol. The van der Waals surface area contributed by atoms with Crippen LogP contribution in [-0.4, -0.2) is 5.11 Å². The quantitative estimate of drug-likeness (QED) is 0.820. The molecule has 0 saturated heterocycles. The molecule has 0 bridgehead atoms. The van der Waals surface area contributed by atoms with E-state index in [0.717, 1.165) is 26.8 Å². The van der Waals surface area contributed by atoms with Crippen molar-refractivity contribution >= 4 is 35.0 Å². The van der Waals surface area contributed by atoms with E-state index in [9.17, 15) is 5.11 Å². The predicted octanol–water partition coefficient (Wildman–Crippen LogP) is 4.78. The molecule has 2 rings (SSSR count). The van der Waals surface area contributed by atoms with Crippen molar-refractivity contribution in [2.24, 2.45) is 0 Å². The van der Waals surface area contributed by atoms with Crippen LogP contribution in [0.15, 0.2) is 47.4 Å². The molecule has 94 valence electrons. The van der Waals surface area contributed by atoms with E-state index >= 15 is 0 Å². The van der Waals surface area contributed by atoms with Gasteiger partial charge in [0, 0.05) is 20.7 Å². The van der Waals surface area contributed by atoms with Gasteiger partial charge in [0.05, 0.1) is 6.61 Å². The van der Waals surface area contributed by atoms with Gasteiger partial charge in [-0.1, -0.05) is 41.4 Å². The van der Waals surface area contributed by atoms with Crippen LogP contribution >= 0.6 is 35.0 Å². The van der Waals surface area contributed by atoms with Gasteiger partial charge in [-0.05, 0) is 35.4 Å². The fourth-order valence-electron chi connectivity index (χ4n) is 1.58. The molecule has 2 aromatic carbocycles. The fourth-order valence-corrected chi connectivity index (χ4v) is 3.10. The molecule has 0 atom stereocenters. The zero-order valence-electron chi connectivity index (χ0n) is 9.57. The summed E-state index contributed by atoms with van der Waals surface area (Å²) >= 11 is 13.6. The molecule has 18 heavy (non-hydrogen) atoms. The average molecular weight is 299 g/mol. The van der Waals surface area contributed by atoms with Crippen LogP contribution in [0.25, 0.3) is 0 Å². The normalized spacial score (nSPS) is 10.6. The van der Waals surface area contributed by atoms with Crippen molar-refractivity contribution in [1.29, 1.82) is 0 Å². The largest absolute Gasteiger partial charge is 0.392 e. The van der Waals surface area contributed by atoms with Gasteiger partial charge in [0.15, 0.2) is 0 Å². The molecule has 1 nitrogen and oxygen atoms in total. The Kier molecular flexibility index (Phi) is 4.95. The molecule has 1 N–H and O–H groups in total. The van der Waals surface area contributed by atoms with Crippen molar-refractivity contribution in [3.8, 4) is 0 Å². The van der Waals surface area contributed by atoms with Crippen LogP contribution in [0.1, 0.15) is 11.1 Å². The first-order valence-corrected chi connectivity index (χ1v) is 7.20. The molecule has 0 aliphatic rings. The second kappa shape index (κ2) is 6.48. The van der Waals surface area contributed by atoms with Crippen molar-refractivity contribution in [3.63, 3.8) is 0 Å². The number of halogens is 2. The predicted molar refractivity (Wildman–Crippen MR) is 78.4 cm³/mol. The highest BCUT2D eigenvalue weighted by atomic mass is 35.5. The van der Waals surface area contributed by atoms with Gasteiger partial charge in [-0.2, -0.15) is 0 Å². The molecule has 0 spiro atoms. The highest BCUT2D eigenvalue weighted by Gasteiger charge is 2.05. The lowest BCUT2D eigenvalue weighted by Gasteiger charge is -2.08. The number of aliphatic hydroxyl groups excluding tert-OH is 1. The minimum Gasteiger partial charge on any atom is -0.392 e. The van der Waals surface area contributed by atoms with Crippen LogP contribution < -0.4 is 0 Å². The van der Waals surface area contributed by atoms with Crippen LogP contribution in [0.5, 0.6) is 0 Å². The van der Waals surface area contributed by atoms with Gasteiger partial charge >= 0.3 is 0 Å². The van der Waals surface area contributed by atoms with E-state index in [1.165, 1.54) is 0 Å². The van der Waals surface area contributed by atoms with E-state index in [-0.39, 0.29) is 6.61 Å². The zero-order chi connectivity index (χ0) is 13.0. The highest BCUT2D eigenvalue weighted by Crippen LogP contribution is 2.30. The number of hydrogen-bond donors (Lipinski definition) is 1. The fraction of sp³-hybridized carbons (Fsp3) is 0.143. The van der Waals surface area contributed by atoms with Gasteiger partial charge in [0.1, 0.15) is 0 Å². The molecule has 0 radical (unpaired) electrons. The lowest BCUT2D eigenvalue weighted by Crippen LogP contribution is -1.89. The lowest BCUT2D eigenvalue weighted by atomic mass is 10.2. The molecule has 0 aromatic heterocycles. The van der Waals surface area contributed by atoms with E-state index in [0.29, 0.717) is 5.02 Å². The van der Waals surface area contributed by atoms with Crippen molar-refractivity contribution in [1.82, 2.24) is 0 Å². The minimum atomic E-state index is -0.00852. The molecule has 0 unspecified atom stereocenters. The molecule has 4 heteroatoms. The van der Waals surface area contributed by atoms with Crippen LogP contribution in [0.2, 0.25) is 10.0 Å². The lowest BCUT2D eigenvalue weighted by molar-refractivity contribution is 0.279. The van der Waals surface area contributed by atoms with E-state index in [4.69, 9.17) is 23.2 Å². The van der Waals surface area contributed by atoms with Gasteiger partial charge in [-0.15, -0.1) is 11.8 Å². The average Bonchev–Trinajstić information content (AvgIpc) is 2.39. The van der Waals surface area contributed by atoms with Crippen LogP contribution in [-0.2, 0) is 12.4 Å². The summed E-state index contributed by atoms with van der Waals surface area (Å²) in [5.74, 6) is 0.772. The molecule has 2 aromatic rings. The summed E-state index contributed by atoms with van der Waals surface area (Å²) in [5, 5.41) is 10.7. The summed E-state index contributed by atoms with van der Waals surface area (Å²) in [6, 6.07) is 13.3. The van der Waals surface area contributed by atoms with Gasteiger partial charge in [0.2, 0.25) is 0 Å². The summed E-state index contributed by atoms with van der Waals surface area (Å²) < 4.78 is 0. The molecule has 0 saturated carbocycles. The zero-order valence-corrected chi connectivity index (χ0v) is 11.9. The topological polar surface area (TPSA) is 20.2 Å². The van der Waals surface area contributed by atoms with Crippen molar-refractivity contribution in [2.75, 3.05) is 0 Å². The third kappa shape index (κ3) is 3.42. The number of hydrogen-bond acceptors (Lipinski definition) is 2. The van der Waals surface area contributed by atoms with E-state index in [1.54, 1.807) is 17.8 Å². The first-order chi connectivity index (χ1) is 8.70. The van der Waals surface area contributed by atoms with E-state index in [2.05, 4.69) is 0 Å². The minimum absolute atomic E-state index is 0.00852. The van der Waals surface area contributed by atoms with Crippen molar-refractivity contribution in [3.05, 3.63) is 63.6 Å². The SMILES string of the molecule is OCc1cc(Cl)ccc1SCc1ccccc1Cl. The highest BCUT2D eigenvalue weighted by molar-refractivity contribution is 7.98. The Morgan fingerprint density at radius 2 is 1.78 bits per heavy atom. The van der Waals surface area contributed by atoms with Gasteiger partial charge in [-0.25, -0.2) is 0 Å². The molecule has 0 amide bonds. The summed E-state index contributed by atoms with van der Waals surface area (Å²) in [7, 11) is 0. The monoisotopic (exact) mass is 298 g/mol. The maximum Gasteiger partial charge on any atom is 0.0693 e. The van der Waals surface area contributed by atoms with Gasteiger partial charge in [0.25, 0.3) is 0 Å². The van der Waals surface area contributed by atoms with Crippen molar-refractivity contribution in [2.45, 2.75) is 17.3 Å². The van der Waals surface area contributed by atoms with Crippen LogP contribution in [0.4, 0.5) is 0 Å².